The molecule has 2 unspecified atom stereocenters. The lowest BCUT2D eigenvalue weighted by atomic mass is 9.99. The first-order valence-corrected chi connectivity index (χ1v) is 6.78. The molecule has 2 fully saturated rings. The Balaban J connectivity index is 1.77. The Morgan fingerprint density at radius 2 is 2.05 bits per heavy atom. The van der Waals surface area contributed by atoms with Crippen LogP contribution < -0.4 is 11.3 Å². The summed E-state index contributed by atoms with van der Waals surface area (Å²) in [5.74, 6) is 1.15. The maximum absolute atomic E-state index is 12.4. The van der Waals surface area contributed by atoms with Gasteiger partial charge >= 0.3 is 0 Å². The normalized spacial score (nSPS) is 26.7. The number of nitrogens with two attached hydrogens (primary N) is 1. The highest BCUT2D eigenvalue weighted by Crippen LogP contribution is 2.41. The highest BCUT2D eigenvalue weighted by atomic mass is 16.2. The molecule has 3 rings (SSSR count). The highest BCUT2D eigenvalue weighted by Gasteiger charge is 2.42. The Morgan fingerprint density at radius 3 is 2.68 bits per heavy atom. The number of likely N-dealkylation sites (tertiary alicyclic amines) is 1. The molecular formula is C14H19N3O2. The summed E-state index contributed by atoms with van der Waals surface area (Å²) in [6.07, 6.45) is 4.10. The number of hydrogen-bond acceptors (Lipinski definition) is 3. The average molecular weight is 261 g/mol. The van der Waals surface area contributed by atoms with Crippen LogP contribution in [0.15, 0.2) is 23.1 Å². The second kappa shape index (κ2) is 4.49. The summed E-state index contributed by atoms with van der Waals surface area (Å²) in [6, 6.07) is 3.13. The largest absolute Gasteiger partial charge is 0.337 e. The Bertz CT molecular complexity index is 562. The molecule has 1 saturated heterocycles. The van der Waals surface area contributed by atoms with Crippen LogP contribution in [0.1, 0.15) is 23.2 Å². The molecule has 1 aliphatic heterocycles. The lowest BCUT2D eigenvalue weighted by Gasteiger charge is -2.16. The second-order valence-electron chi connectivity index (χ2n) is 5.74. The molecule has 5 heteroatoms. The molecule has 1 aromatic heterocycles. The topological polar surface area (TPSA) is 68.3 Å². The number of pyridine rings is 1. The van der Waals surface area contributed by atoms with Gasteiger partial charge in [0.05, 0.1) is 5.56 Å². The van der Waals surface area contributed by atoms with E-state index in [4.69, 9.17) is 5.73 Å². The molecule has 0 bridgehead atoms. The van der Waals surface area contributed by atoms with Gasteiger partial charge in [-0.2, -0.15) is 0 Å². The number of aryl methyl sites for hydroxylation is 1. The van der Waals surface area contributed by atoms with Crippen molar-refractivity contribution in [1.82, 2.24) is 9.47 Å². The van der Waals surface area contributed by atoms with Gasteiger partial charge in [0.2, 0.25) is 5.56 Å². The summed E-state index contributed by atoms with van der Waals surface area (Å²) in [5.41, 5.74) is 6.59. The van der Waals surface area contributed by atoms with Crippen molar-refractivity contribution < 1.29 is 4.79 Å². The molecule has 0 spiro atoms. The van der Waals surface area contributed by atoms with E-state index in [1.165, 1.54) is 23.5 Å². The number of carbonyl (C=O) groups is 1. The molecule has 0 aromatic carbocycles. The van der Waals surface area contributed by atoms with Crippen molar-refractivity contribution >= 4 is 5.91 Å². The van der Waals surface area contributed by atoms with E-state index in [9.17, 15) is 9.59 Å². The summed E-state index contributed by atoms with van der Waals surface area (Å²) in [6.45, 7) is 1.39. The molecule has 2 aliphatic rings. The van der Waals surface area contributed by atoms with E-state index >= 15 is 0 Å². The van der Waals surface area contributed by atoms with Gasteiger partial charge in [-0.1, -0.05) is 0 Å². The number of nitrogens with zero attached hydrogens (tertiary/aromatic N) is 2. The Kier molecular flexibility index (Phi) is 2.93. The van der Waals surface area contributed by atoms with Gasteiger partial charge in [0, 0.05) is 38.4 Å². The van der Waals surface area contributed by atoms with Gasteiger partial charge in [0.15, 0.2) is 0 Å². The molecule has 2 heterocycles. The first kappa shape index (κ1) is 12.4. The summed E-state index contributed by atoms with van der Waals surface area (Å²) < 4.78 is 1.43. The van der Waals surface area contributed by atoms with E-state index in [0.717, 1.165) is 6.54 Å². The van der Waals surface area contributed by atoms with Gasteiger partial charge in [-0.15, -0.1) is 0 Å². The molecule has 102 valence electrons. The van der Waals surface area contributed by atoms with Crippen LogP contribution in [-0.4, -0.2) is 34.5 Å². The molecule has 5 nitrogen and oxygen atoms in total. The summed E-state index contributed by atoms with van der Waals surface area (Å²) in [7, 11) is 1.65. The molecule has 1 saturated carbocycles. The fourth-order valence-corrected chi connectivity index (χ4v) is 2.95. The first-order valence-electron chi connectivity index (χ1n) is 6.78. The lowest BCUT2D eigenvalue weighted by Crippen LogP contribution is -2.33. The average Bonchev–Trinajstić information content (AvgIpc) is 3.15. The fourth-order valence-electron chi connectivity index (χ4n) is 2.95. The van der Waals surface area contributed by atoms with Crippen molar-refractivity contribution in [2.75, 3.05) is 13.1 Å². The quantitative estimate of drug-likeness (QED) is 0.826. The number of carbonyl (C=O) groups excluding carboxylic acids is 1. The van der Waals surface area contributed by atoms with Crippen molar-refractivity contribution in [3.8, 4) is 0 Å². The van der Waals surface area contributed by atoms with Crippen LogP contribution in [0.25, 0.3) is 0 Å². The van der Waals surface area contributed by atoms with Crippen LogP contribution in [-0.2, 0) is 7.05 Å². The smallest absolute Gasteiger partial charge is 0.255 e. The zero-order chi connectivity index (χ0) is 13.6. The summed E-state index contributed by atoms with van der Waals surface area (Å²) >= 11 is 0. The monoisotopic (exact) mass is 261 g/mol. The molecule has 19 heavy (non-hydrogen) atoms. The minimum atomic E-state index is -0.106. The molecule has 1 aromatic rings. The van der Waals surface area contributed by atoms with Crippen molar-refractivity contribution in [3.63, 3.8) is 0 Å². The molecule has 2 N–H and O–H groups in total. The van der Waals surface area contributed by atoms with Gasteiger partial charge in [-0.25, -0.2) is 0 Å². The van der Waals surface area contributed by atoms with Crippen LogP contribution in [0, 0.1) is 11.8 Å². The van der Waals surface area contributed by atoms with Crippen molar-refractivity contribution in [2.24, 2.45) is 24.6 Å². The number of aromatic nitrogens is 1. The fraction of sp³-hybridized carbons (Fsp3) is 0.571. The lowest BCUT2D eigenvalue weighted by molar-refractivity contribution is 0.0784. The third-order valence-electron chi connectivity index (χ3n) is 4.26. The highest BCUT2D eigenvalue weighted by molar-refractivity contribution is 5.94. The maximum atomic E-state index is 12.4. The second-order valence-corrected chi connectivity index (χ2v) is 5.74. The van der Waals surface area contributed by atoms with Gasteiger partial charge in [-0.3, -0.25) is 9.59 Å². The van der Waals surface area contributed by atoms with Crippen molar-refractivity contribution in [2.45, 2.75) is 18.9 Å². The van der Waals surface area contributed by atoms with Gasteiger partial charge in [0.1, 0.15) is 0 Å². The van der Waals surface area contributed by atoms with E-state index in [0.29, 0.717) is 23.9 Å². The van der Waals surface area contributed by atoms with Gasteiger partial charge in [-0.05, 0) is 30.7 Å². The predicted molar refractivity (Wildman–Crippen MR) is 71.8 cm³/mol. The Morgan fingerprint density at radius 1 is 1.32 bits per heavy atom. The summed E-state index contributed by atoms with van der Waals surface area (Å²) in [4.78, 5) is 25.6. The molecular weight excluding hydrogens is 242 g/mol. The number of hydrogen-bond donors (Lipinski definition) is 1. The number of amides is 1. The molecule has 1 amide bonds. The first-order chi connectivity index (χ1) is 9.06. The number of rotatable bonds is 2. The zero-order valence-corrected chi connectivity index (χ0v) is 11.1. The Labute approximate surface area is 112 Å². The van der Waals surface area contributed by atoms with E-state index in [-0.39, 0.29) is 17.5 Å². The SMILES string of the molecule is Cn1cc(C(=O)N2CC(N)C(C3CC3)C2)ccc1=O. The third-order valence-corrected chi connectivity index (χ3v) is 4.26. The van der Waals surface area contributed by atoms with Crippen LogP contribution in [0.2, 0.25) is 0 Å². The molecule has 0 radical (unpaired) electrons. The van der Waals surface area contributed by atoms with E-state index < -0.39 is 0 Å². The predicted octanol–water partition coefficient (Wildman–Crippen LogP) is 0.195. The van der Waals surface area contributed by atoms with Crippen LogP contribution in [0.5, 0.6) is 0 Å². The maximum Gasteiger partial charge on any atom is 0.255 e. The third kappa shape index (κ3) is 2.30. The summed E-state index contributed by atoms with van der Waals surface area (Å²) in [5, 5.41) is 0. The van der Waals surface area contributed by atoms with E-state index in [1.807, 2.05) is 4.90 Å². The Hall–Kier alpha value is -1.62. The van der Waals surface area contributed by atoms with Gasteiger partial charge in [0.25, 0.3) is 5.91 Å². The van der Waals surface area contributed by atoms with Crippen molar-refractivity contribution in [1.29, 1.82) is 0 Å². The van der Waals surface area contributed by atoms with E-state index in [1.54, 1.807) is 19.3 Å². The minimum absolute atomic E-state index is 0.0193. The molecule has 1 aliphatic carbocycles. The van der Waals surface area contributed by atoms with Crippen LogP contribution in [0.3, 0.4) is 0 Å². The van der Waals surface area contributed by atoms with Crippen molar-refractivity contribution in [3.05, 3.63) is 34.2 Å². The van der Waals surface area contributed by atoms with Crippen LogP contribution in [0.4, 0.5) is 0 Å². The zero-order valence-electron chi connectivity index (χ0n) is 11.1. The van der Waals surface area contributed by atoms with Gasteiger partial charge < -0.3 is 15.2 Å². The standard InChI is InChI=1S/C14H19N3O2/c1-16-6-10(4-5-13(16)18)14(19)17-7-11(9-2-3-9)12(15)8-17/h4-6,9,11-12H,2-3,7-8,15H2,1H3. The minimum Gasteiger partial charge on any atom is -0.337 e. The molecule has 2 atom stereocenters. The van der Waals surface area contributed by atoms with E-state index in [2.05, 4.69) is 0 Å². The van der Waals surface area contributed by atoms with Crippen LogP contribution >= 0.6 is 0 Å².